The lowest BCUT2D eigenvalue weighted by Gasteiger charge is -2.10. The van der Waals surface area contributed by atoms with E-state index in [4.69, 9.17) is 4.74 Å². The van der Waals surface area contributed by atoms with Crippen LogP contribution >= 0.6 is 0 Å². The van der Waals surface area contributed by atoms with Gasteiger partial charge < -0.3 is 4.74 Å². The lowest BCUT2D eigenvalue weighted by atomic mass is 10.2. The molecule has 1 amide bonds. The molecule has 0 bridgehead atoms. The first-order valence-electron chi connectivity index (χ1n) is 8.88. The highest BCUT2D eigenvalue weighted by Crippen LogP contribution is 2.27. The van der Waals surface area contributed by atoms with Crippen LogP contribution in [0.2, 0.25) is 0 Å². The van der Waals surface area contributed by atoms with Crippen molar-refractivity contribution in [3.8, 4) is 17.1 Å². The molecule has 0 spiro atoms. The van der Waals surface area contributed by atoms with Gasteiger partial charge in [-0.15, -0.1) is 5.10 Å². The molecule has 29 heavy (non-hydrogen) atoms. The van der Waals surface area contributed by atoms with Gasteiger partial charge in [0, 0.05) is 0 Å². The molecule has 0 aliphatic heterocycles. The Bertz CT molecular complexity index is 1260. The van der Waals surface area contributed by atoms with Crippen LogP contribution in [-0.2, 0) is 11.3 Å². The van der Waals surface area contributed by atoms with Crippen molar-refractivity contribution in [2.75, 3.05) is 12.4 Å². The van der Waals surface area contributed by atoms with Crippen molar-refractivity contribution in [3.05, 3.63) is 64.7 Å². The molecule has 0 fully saturated rings. The van der Waals surface area contributed by atoms with Crippen LogP contribution in [0.1, 0.15) is 5.82 Å². The lowest BCUT2D eigenvalue weighted by molar-refractivity contribution is -0.116. The van der Waals surface area contributed by atoms with Crippen LogP contribution in [0.15, 0.2) is 53.3 Å². The number of hydrogen-bond donors (Lipinski definition) is 2. The molecule has 0 atom stereocenters. The predicted molar refractivity (Wildman–Crippen MR) is 108 cm³/mol. The zero-order chi connectivity index (χ0) is 20.4. The molecular formula is C20H18N6O3. The summed E-state index contributed by atoms with van der Waals surface area (Å²) in [5, 5.41) is 9.85. The molecule has 0 aliphatic carbocycles. The second-order valence-electron chi connectivity index (χ2n) is 6.32. The molecule has 0 aliphatic rings. The highest BCUT2D eigenvalue weighted by Gasteiger charge is 2.15. The van der Waals surface area contributed by atoms with E-state index in [0.717, 1.165) is 0 Å². The highest BCUT2D eigenvalue weighted by molar-refractivity contribution is 5.89. The Hall–Kier alpha value is -4.01. The zero-order valence-electron chi connectivity index (χ0n) is 15.8. The first kappa shape index (κ1) is 18.4. The Balaban J connectivity index is 1.55. The molecule has 9 heteroatoms. The van der Waals surface area contributed by atoms with Gasteiger partial charge in [-0.1, -0.05) is 24.3 Å². The van der Waals surface area contributed by atoms with Crippen molar-refractivity contribution >= 4 is 22.8 Å². The van der Waals surface area contributed by atoms with Gasteiger partial charge in [0.1, 0.15) is 18.1 Å². The fourth-order valence-electron chi connectivity index (χ4n) is 3.05. The second kappa shape index (κ2) is 7.55. The first-order valence-corrected chi connectivity index (χ1v) is 8.88. The maximum atomic E-state index is 12.7. The Labute approximate surface area is 165 Å². The van der Waals surface area contributed by atoms with E-state index in [1.807, 2.05) is 24.3 Å². The minimum atomic E-state index is -0.433. The summed E-state index contributed by atoms with van der Waals surface area (Å²) < 4.78 is 6.64. The number of methoxy groups -OCH3 is 1. The van der Waals surface area contributed by atoms with Gasteiger partial charge in [0.15, 0.2) is 5.82 Å². The van der Waals surface area contributed by atoms with Crippen LogP contribution in [0.3, 0.4) is 0 Å². The molecule has 9 nitrogen and oxygen atoms in total. The Morgan fingerprint density at radius 3 is 2.72 bits per heavy atom. The number of aryl methyl sites for hydroxylation is 1. The van der Waals surface area contributed by atoms with Gasteiger partial charge in [0.2, 0.25) is 11.9 Å². The number of aromatic amines is 1. The van der Waals surface area contributed by atoms with Gasteiger partial charge in [-0.05, 0) is 31.2 Å². The summed E-state index contributed by atoms with van der Waals surface area (Å²) in [6.45, 7) is 1.49. The first-order chi connectivity index (χ1) is 14.1. The molecule has 0 radical (unpaired) electrons. The van der Waals surface area contributed by atoms with Crippen LogP contribution in [0.4, 0.5) is 5.95 Å². The van der Waals surface area contributed by atoms with Crippen molar-refractivity contribution < 1.29 is 9.53 Å². The maximum absolute atomic E-state index is 12.7. The number of para-hydroxylation sites is 2. The normalized spacial score (nSPS) is 10.8. The van der Waals surface area contributed by atoms with Gasteiger partial charge in [-0.3, -0.25) is 24.6 Å². The third kappa shape index (κ3) is 3.57. The van der Waals surface area contributed by atoms with Crippen LogP contribution in [0.25, 0.3) is 22.3 Å². The molecule has 4 rings (SSSR count). The molecule has 0 saturated heterocycles. The summed E-state index contributed by atoms with van der Waals surface area (Å²) in [4.78, 5) is 33.8. The van der Waals surface area contributed by atoms with Crippen LogP contribution in [-0.4, -0.2) is 37.7 Å². The van der Waals surface area contributed by atoms with E-state index in [2.05, 4.69) is 25.5 Å². The molecule has 2 aromatic carbocycles. The number of amides is 1. The molecule has 0 unspecified atom stereocenters. The number of anilines is 1. The zero-order valence-corrected chi connectivity index (χ0v) is 15.8. The summed E-state index contributed by atoms with van der Waals surface area (Å²) in [7, 11) is 1.57. The number of carbonyl (C=O) groups excluding carboxylic acids is 1. The van der Waals surface area contributed by atoms with E-state index in [1.165, 1.54) is 4.57 Å². The van der Waals surface area contributed by atoms with Gasteiger partial charge in [-0.2, -0.15) is 4.98 Å². The van der Waals surface area contributed by atoms with Crippen molar-refractivity contribution in [2.45, 2.75) is 13.5 Å². The number of benzene rings is 2. The van der Waals surface area contributed by atoms with Gasteiger partial charge in [-0.25, -0.2) is 4.98 Å². The monoisotopic (exact) mass is 390 g/mol. The molecular weight excluding hydrogens is 372 g/mol. The van der Waals surface area contributed by atoms with E-state index in [0.29, 0.717) is 33.9 Å². The number of nitrogens with zero attached hydrogens (tertiary/aromatic N) is 4. The fourth-order valence-corrected chi connectivity index (χ4v) is 3.05. The number of rotatable bonds is 5. The summed E-state index contributed by atoms with van der Waals surface area (Å²) >= 11 is 0. The number of aromatic nitrogens is 5. The van der Waals surface area contributed by atoms with E-state index in [9.17, 15) is 9.59 Å². The number of H-pyrrole nitrogens is 1. The van der Waals surface area contributed by atoms with Crippen molar-refractivity contribution in [1.29, 1.82) is 0 Å². The number of ether oxygens (including phenoxy) is 1. The van der Waals surface area contributed by atoms with E-state index < -0.39 is 5.91 Å². The third-order valence-electron chi connectivity index (χ3n) is 4.45. The van der Waals surface area contributed by atoms with E-state index in [-0.39, 0.29) is 18.1 Å². The standard InChI is InChI=1S/C20H18N6O3/c1-12-21-15-9-5-3-7-13(15)19(28)26(12)11-17(27)22-20-23-18(24-25-20)14-8-4-6-10-16(14)29-2/h3-10H,11H2,1-2H3,(H2,22,23,24,25,27). The highest BCUT2D eigenvalue weighted by atomic mass is 16.5. The van der Waals surface area contributed by atoms with Gasteiger partial charge in [0.25, 0.3) is 5.56 Å². The summed E-state index contributed by atoms with van der Waals surface area (Å²) in [6, 6.07) is 14.4. The summed E-state index contributed by atoms with van der Waals surface area (Å²) in [5.41, 5.74) is 1.05. The quantitative estimate of drug-likeness (QED) is 0.539. The Kier molecular flexibility index (Phi) is 4.78. The van der Waals surface area contributed by atoms with Crippen LogP contribution < -0.4 is 15.6 Å². The molecule has 0 saturated carbocycles. The molecule has 2 N–H and O–H groups in total. The largest absolute Gasteiger partial charge is 0.496 e. The average molecular weight is 390 g/mol. The van der Waals surface area contributed by atoms with Gasteiger partial charge in [0.05, 0.1) is 23.6 Å². The number of nitrogens with one attached hydrogen (secondary N) is 2. The minimum Gasteiger partial charge on any atom is -0.496 e. The number of fused-ring (bicyclic) bond motifs is 1. The van der Waals surface area contributed by atoms with Gasteiger partial charge >= 0.3 is 0 Å². The minimum absolute atomic E-state index is 0.107. The molecule has 4 aromatic rings. The Morgan fingerprint density at radius 2 is 1.90 bits per heavy atom. The summed E-state index contributed by atoms with van der Waals surface area (Å²) in [6.07, 6.45) is 0. The summed E-state index contributed by atoms with van der Waals surface area (Å²) in [5.74, 6) is 1.21. The second-order valence-corrected chi connectivity index (χ2v) is 6.32. The molecule has 146 valence electrons. The fraction of sp³-hybridized carbons (Fsp3) is 0.150. The Morgan fingerprint density at radius 1 is 1.14 bits per heavy atom. The number of carbonyl (C=O) groups is 1. The molecule has 2 heterocycles. The predicted octanol–water partition coefficient (Wildman–Crippen LogP) is 2.14. The van der Waals surface area contributed by atoms with Crippen LogP contribution in [0.5, 0.6) is 5.75 Å². The molecule has 2 aromatic heterocycles. The lowest BCUT2D eigenvalue weighted by Crippen LogP contribution is -2.30. The van der Waals surface area contributed by atoms with Crippen LogP contribution in [0, 0.1) is 6.92 Å². The van der Waals surface area contributed by atoms with Crippen molar-refractivity contribution in [1.82, 2.24) is 24.7 Å². The maximum Gasteiger partial charge on any atom is 0.261 e. The van der Waals surface area contributed by atoms with Crippen molar-refractivity contribution in [3.63, 3.8) is 0 Å². The third-order valence-corrected chi connectivity index (χ3v) is 4.45. The smallest absolute Gasteiger partial charge is 0.261 e. The number of hydrogen-bond acceptors (Lipinski definition) is 6. The SMILES string of the molecule is COc1ccccc1-c1nc(NC(=O)Cn2c(C)nc3ccccc3c2=O)n[nH]1. The topological polar surface area (TPSA) is 115 Å². The van der Waals surface area contributed by atoms with E-state index in [1.54, 1.807) is 38.3 Å². The van der Waals surface area contributed by atoms with E-state index >= 15 is 0 Å². The van der Waals surface area contributed by atoms with Crippen molar-refractivity contribution in [2.24, 2.45) is 0 Å². The average Bonchev–Trinajstić information content (AvgIpc) is 3.19.